The predicted molar refractivity (Wildman–Crippen MR) is 101 cm³/mol. The fraction of sp³-hybridized carbons (Fsp3) is 0.429. The first-order valence-corrected chi connectivity index (χ1v) is 8.95. The lowest BCUT2D eigenvalue weighted by Gasteiger charge is -2.39. The van der Waals surface area contributed by atoms with Gasteiger partial charge in [0.05, 0.1) is 25.9 Å². The van der Waals surface area contributed by atoms with Crippen molar-refractivity contribution >= 4 is 0 Å². The van der Waals surface area contributed by atoms with Crippen LogP contribution < -0.4 is 9.47 Å². The number of ether oxygens (including phenoxy) is 2. The van der Waals surface area contributed by atoms with Gasteiger partial charge in [0.15, 0.2) is 0 Å². The number of benzene rings is 2. The first kappa shape index (κ1) is 18.7. The third-order valence-electron chi connectivity index (χ3n) is 5.24. The number of aliphatic hydroxyl groups excluding tert-OH is 1. The molecule has 26 heavy (non-hydrogen) atoms. The zero-order valence-electron chi connectivity index (χ0n) is 15.4. The molecule has 1 heterocycles. The largest absolute Gasteiger partial charge is 0.497 e. The zero-order chi connectivity index (χ0) is 18.6. The number of likely N-dealkylation sites (tertiary alicyclic amines) is 1. The van der Waals surface area contributed by atoms with Crippen molar-refractivity contribution in [1.82, 2.24) is 4.90 Å². The van der Waals surface area contributed by atoms with E-state index < -0.39 is 11.7 Å². The highest BCUT2D eigenvalue weighted by molar-refractivity contribution is 5.31. The lowest BCUT2D eigenvalue weighted by atomic mass is 9.84. The van der Waals surface area contributed by atoms with Gasteiger partial charge in [-0.1, -0.05) is 24.3 Å². The molecule has 5 nitrogen and oxygen atoms in total. The second kappa shape index (κ2) is 8.08. The quantitative estimate of drug-likeness (QED) is 0.832. The second-order valence-corrected chi connectivity index (χ2v) is 6.85. The van der Waals surface area contributed by atoms with E-state index in [-0.39, 0.29) is 0 Å². The Hall–Kier alpha value is -2.08. The smallest absolute Gasteiger partial charge is 0.118 e. The predicted octanol–water partition coefficient (Wildman–Crippen LogP) is 2.72. The number of nitrogens with zero attached hydrogens (tertiary/aromatic N) is 1. The lowest BCUT2D eigenvalue weighted by molar-refractivity contribution is -0.0345. The fourth-order valence-corrected chi connectivity index (χ4v) is 3.47. The van der Waals surface area contributed by atoms with E-state index in [2.05, 4.69) is 4.90 Å². The van der Waals surface area contributed by atoms with Crippen molar-refractivity contribution in [3.8, 4) is 11.5 Å². The summed E-state index contributed by atoms with van der Waals surface area (Å²) >= 11 is 0. The van der Waals surface area contributed by atoms with E-state index in [4.69, 9.17) is 9.47 Å². The van der Waals surface area contributed by atoms with Crippen LogP contribution in [0.2, 0.25) is 0 Å². The Morgan fingerprint density at radius 3 is 1.92 bits per heavy atom. The van der Waals surface area contributed by atoms with Crippen LogP contribution >= 0.6 is 0 Å². The molecule has 2 aromatic rings. The van der Waals surface area contributed by atoms with E-state index in [1.807, 2.05) is 48.5 Å². The van der Waals surface area contributed by atoms with Gasteiger partial charge in [0, 0.05) is 19.6 Å². The Morgan fingerprint density at radius 2 is 1.42 bits per heavy atom. The summed E-state index contributed by atoms with van der Waals surface area (Å²) in [5, 5.41) is 21.5. The first-order valence-electron chi connectivity index (χ1n) is 8.95. The molecular weight excluding hydrogens is 330 g/mol. The monoisotopic (exact) mass is 357 g/mol. The van der Waals surface area contributed by atoms with Crippen LogP contribution in [0.25, 0.3) is 0 Å². The molecule has 3 rings (SSSR count). The maximum atomic E-state index is 11.0. The summed E-state index contributed by atoms with van der Waals surface area (Å²) < 4.78 is 10.3. The molecule has 1 saturated heterocycles. The van der Waals surface area contributed by atoms with Crippen molar-refractivity contribution in [2.45, 2.75) is 24.5 Å². The molecule has 0 spiro atoms. The maximum absolute atomic E-state index is 11.0. The number of methoxy groups -OCH3 is 2. The molecule has 1 aliphatic heterocycles. The molecule has 0 aromatic heterocycles. The Labute approximate surface area is 154 Å². The Kier molecular flexibility index (Phi) is 5.81. The van der Waals surface area contributed by atoms with E-state index in [1.165, 1.54) is 0 Å². The SMILES string of the molecule is COc1ccc(C(O)CN2CCC(O)(c3ccc(OC)cc3)CC2)cc1. The molecule has 2 N–H and O–H groups in total. The van der Waals surface area contributed by atoms with Crippen molar-refractivity contribution in [2.75, 3.05) is 33.9 Å². The van der Waals surface area contributed by atoms with Gasteiger partial charge < -0.3 is 24.6 Å². The van der Waals surface area contributed by atoms with Gasteiger partial charge in [0.2, 0.25) is 0 Å². The molecule has 0 amide bonds. The minimum Gasteiger partial charge on any atom is -0.497 e. The van der Waals surface area contributed by atoms with Crippen LogP contribution in [0.3, 0.4) is 0 Å². The zero-order valence-corrected chi connectivity index (χ0v) is 15.4. The van der Waals surface area contributed by atoms with Crippen LogP contribution in [0.5, 0.6) is 11.5 Å². The van der Waals surface area contributed by atoms with E-state index >= 15 is 0 Å². The molecule has 0 radical (unpaired) electrons. The van der Waals surface area contributed by atoms with Crippen molar-refractivity contribution in [3.05, 3.63) is 59.7 Å². The summed E-state index contributed by atoms with van der Waals surface area (Å²) in [7, 11) is 3.26. The number of rotatable bonds is 6. The summed E-state index contributed by atoms with van der Waals surface area (Å²) in [6.07, 6.45) is 0.747. The number of aliphatic hydroxyl groups is 2. The Bertz CT molecular complexity index is 691. The molecule has 0 saturated carbocycles. The average Bonchev–Trinajstić information content (AvgIpc) is 2.70. The van der Waals surface area contributed by atoms with E-state index in [0.29, 0.717) is 19.4 Å². The van der Waals surface area contributed by atoms with Crippen LogP contribution in [0.1, 0.15) is 30.1 Å². The molecule has 1 fully saturated rings. The minimum atomic E-state index is -0.812. The Balaban J connectivity index is 1.56. The molecule has 1 unspecified atom stereocenters. The molecule has 2 aromatic carbocycles. The molecule has 5 heteroatoms. The highest BCUT2D eigenvalue weighted by atomic mass is 16.5. The van der Waals surface area contributed by atoms with E-state index in [1.54, 1.807) is 14.2 Å². The van der Waals surface area contributed by atoms with Gasteiger partial charge in [-0.25, -0.2) is 0 Å². The van der Waals surface area contributed by atoms with Gasteiger partial charge in [0.25, 0.3) is 0 Å². The van der Waals surface area contributed by atoms with Crippen molar-refractivity contribution in [3.63, 3.8) is 0 Å². The average molecular weight is 357 g/mol. The molecule has 0 aliphatic carbocycles. The summed E-state index contributed by atoms with van der Waals surface area (Å²) in [4.78, 5) is 2.20. The standard InChI is InChI=1S/C21H27NO4/c1-25-18-7-3-16(4-8-18)20(23)15-22-13-11-21(24,12-14-22)17-5-9-19(26-2)10-6-17/h3-10,20,23-24H,11-15H2,1-2H3. The van der Waals surface area contributed by atoms with Gasteiger partial charge in [-0.05, 0) is 48.2 Å². The minimum absolute atomic E-state index is 0.548. The number of hydrogen-bond acceptors (Lipinski definition) is 5. The van der Waals surface area contributed by atoms with Crippen molar-refractivity contribution in [1.29, 1.82) is 0 Å². The van der Waals surface area contributed by atoms with Gasteiger partial charge in [-0.15, -0.1) is 0 Å². The van der Waals surface area contributed by atoms with E-state index in [9.17, 15) is 10.2 Å². The molecule has 140 valence electrons. The molecular formula is C21H27NO4. The third kappa shape index (κ3) is 4.18. The van der Waals surface area contributed by atoms with Crippen LogP contribution in [0.15, 0.2) is 48.5 Å². The van der Waals surface area contributed by atoms with Crippen molar-refractivity contribution < 1.29 is 19.7 Å². The van der Waals surface area contributed by atoms with Gasteiger partial charge >= 0.3 is 0 Å². The van der Waals surface area contributed by atoms with Crippen LogP contribution in [-0.4, -0.2) is 49.0 Å². The van der Waals surface area contributed by atoms with Gasteiger partial charge in [-0.3, -0.25) is 0 Å². The van der Waals surface area contributed by atoms with Gasteiger partial charge in [-0.2, -0.15) is 0 Å². The van der Waals surface area contributed by atoms with Crippen LogP contribution in [-0.2, 0) is 5.60 Å². The van der Waals surface area contributed by atoms with Crippen molar-refractivity contribution in [2.24, 2.45) is 0 Å². The second-order valence-electron chi connectivity index (χ2n) is 6.85. The molecule has 1 atom stereocenters. The normalized spacial score (nSPS) is 18.3. The van der Waals surface area contributed by atoms with Gasteiger partial charge in [0.1, 0.15) is 11.5 Å². The first-order chi connectivity index (χ1) is 12.5. The van der Waals surface area contributed by atoms with E-state index in [0.717, 1.165) is 35.7 Å². The summed E-state index contributed by atoms with van der Waals surface area (Å²) in [6.45, 7) is 2.05. The fourth-order valence-electron chi connectivity index (χ4n) is 3.47. The Morgan fingerprint density at radius 1 is 0.923 bits per heavy atom. The molecule has 1 aliphatic rings. The highest BCUT2D eigenvalue weighted by Gasteiger charge is 2.34. The third-order valence-corrected chi connectivity index (χ3v) is 5.24. The number of piperidine rings is 1. The lowest BCUT2D eigenvalue weighted by Crippen LogP contribution is -2.43. The van der Waals surface area contributed by atoms with Crippen LogP contribution in [0, 0.1) is 0 Å². The number of β-amino-alcohol motifs (C(OH)–C–C–N with tert-alkyl or cyclic N) is 1. The maximum Gasteiger partial charge on any atom is 0.118 e. The summed E-state index contributed by atoms with van der Waals surface area (Å²) in [6, 6.07) is 15.1. The highest BCUT2D eigenvalue weighted by Crippen LogP contribution is 2.34. The van der Waals surface area contributed by atoms with Crippen LogP contribution in [0.4, 0.5) is 0 Å². The topological polar surface area (TPSA) is 62.2 Å². The number of hydrogen-bond donors (Lipinski definition) is 2. The molecule has 0 bridgehead atoms. The summed E-state index contributed by atoms with van der Waals surface area (Å²) in [5.41, 5.74) is 0.990. The summed E-state index contributed by atoms with van der Waals surface area (Å²) in [5.74, 6) is 1.57.